The number of H-pyrrole nitrogens is 1. The highest BCUT2D eigenvalue weighted by Gasteiger charge is 2.33. The summed E-state index contributed by atoms with van der Waals surface area (Å²) in [6, 6.07) is 10.6. The van der Waals surface area contributed by atoms with Crippen molar-refractivity contribution in [3.05, 3.63) is 59.2 Å². The van der Waals surface area contributed by atoms with Crippen molar-refractivity contribution >= 4 is 22.5 Å². The van der Waals surface area contributed by atoms with Gasteiger partial charge < -0.3 is 4.98 Å². The molecule has 0 aliphatic rings. The molecule has 0 unspecified atom stereocenters. The molecule has 0 saturated heterocycles. The van der Waals surface area contributed by atoms with Crippen LogP contribution in [-0.4, -0.2) is 4.98 Å². The summed E-state index contributed by atoms with van der Waals surface area (Å²) in [6.07, 6.45) is -2.82. The molecule has 3 rings (SSSR count). The molecule has 5 heteroatoms. The largest absolute Gasteiger partial charge is 0.417 e. The number of halogens is 4. The Labute approximate surface area is 118 Å². The van der Waals surface area contributed by atoms with Crippen LogP contribution in [-0.2, 0) is 6.18 Å². The average Bonchev–Trinajstić information content (AvgIpc) is 2.80. The molecule has 0 radical (unpaired) electrons. The topological polar surface area (TPSA) is 15.8 Å². The van der Waals surface area contributed by atoms with E-state index in [0.717, 1.165) is 11.6 Å². The summed E-state index contributed by atoms with van der Waals surface area (Å²) in [7, 11) is 0. The molecular weight excluding hydrogens is 287 g/mol. The highest BCUT2D eigenvalue weighted by Crippen LogP contribution is 2.39. The number of hydrogen-bond acceptors (Lipinski definition) is 0. The van der Waals surface area contributed by atoms with Crippen LogP contribution in [0.4, 0.5) is 13.2 Å². The minimum absolute atomic E-state index is 0.147. The minimum atomic E-state index is -4.39. The third-order valence-electron chi connectivity index (χ3n) is 3.17. The van der Waals surface area contributed by atoms with Gasteiger partial charge in [0, 0.05) is 27.7 Å². The van der Waals surface area contributed by atoms with E-state index in [2.05, 4.69) is 4.98 Å². The third kappa shape index (κ3) is 2.16. The molecule has 0 aliphatic carbocycles. The summed E-state index contributed by atoms with van der Waals surface area (Å²) >= 11 is 5.93. The maximum atomic E-state index is 13.1. The van der Waals surface area contributed by atoms with Crippen LogP contribution in [0.2, 0.25) is 5.02 Å². The van der Waals surface area contributed by atoms with Gasteiger partial charge in [-0.1, -0.05) is 29.8 Å². The van der Waals surface area contributed by atoms with Crippen molar-refractivity contribution in [3.8, 4) is 11.1 Å². The van der Waals surface area contributed by atoms with Crippen LogP contribution in [0.1, 0.15) is 5.56 Å². The molecule has 0 fully saturated rings. The Kier molecular flexibility index (Phi) is 2.98. The lowest BCUT2D eigenvalue weighted by atomic mass is 9.99. The van der Waals surface area contributed by atoms with Crippen molar-refractivity contribution in [1.82, 2.24) is 4.98 Å². The van der Waals surface area contributed by atoms with Crippen molar-refractivity contribution in [2.45, 2.75) is 6.18 Å². The smallest absolute Gasteiger partial charge is 0.361 e. The van der Waals surface area contributed by atoms with E-state index in [1.54, 1.807) is 30.5 Å². The van der Waals surface area contributed by atoms with E-state index in [4.69, 9.17) is 11.6 Å². The van der Waals surface area contributed by atoms with Gasteiger partial charge in [-0.2, -0.15) is 13.2 Å². The van der Waals surface area contributed by atoms with Gasteiger partial charge >= 0.3 is 6.18 Å². The van der Waals surface area contributed by atoms with Gasteiger partial charge in [0.25, 0.3) is 0 Å². The molecule has 0 atom stereocenters. The molecule has 1 heterocycles. The molecule has 0 spiro atoms. The second-order valence-corrected chi connectivity index (χ2v) is 4.87. The van der Waals surface area contributed by atoms with Crippen LogP contribution in [0.25, 0.3) is 22.0 Å². The summed E-state index contributed by atoms with van der Waals surface area (Å²) in [5.41, 5.74) is 0.742. The fourth-order valence-corrected chi connectivity index (χ4v) is 2.45. The lowest BCUT2D eigenvalue weighted by molar-refractivity contribution is -0.137. The van der Waals surface area contributed by atoms with Crippen LogP contribution in [0.15, 0.2) is 48.7 Å². The lowest BCUT2D eigenvalue weighted by Gasteiger charge is -2.12. The van der Waals surface area contributed by atoms with E-state index in [1.807, 2.05) is 0 Å². The summed E-state index contributed by atoms with van der Waals surface area (Å²) in [5, 5.41) is 1.16. The molecule has 1 aromatic heterocycles. The van der Waals surface area contributed by atoms with Crippen molar-refractivity contribution in [2.24, 2.45) is 0 Å². The number of nitrogens with one attached hydrogen (secondary N) is 1. The molecule has 1 N–H and O–H groups in total. The summed E-state index contributed by atoms with van der Waals surface area (Å²) in [4.78, 5) is 2.97. The Balaban J connectivity index is 2.29. The van der Waals surface area contributed by atoms with Gasteiger partial charge in [-0.15, -0.1) is 0 Å². The molecule has 2 aromatic carbocycles. The molecule has 102 valence electrons. The molecule has 0 saturated carbocycles. The number of benzene rings is 2. The van der Waals surface area contributed by atoms with Gasteiger partial charge in [0.05, 0.1) is 5.56 Å². The predicted octanol–water partition coefficient (Wildman–Crippen LogP) is 5.51. The van der Waals surface area contributed by atoms with E-state index in [9.17, 15) is 13.2 Å². The van der Waals surface area contributed by atoms with Crippen LogP contribution in [0, 0.1) is 0 Å². The molecular formula is C15H9ClF3N. The SMILES string of the molecule is FC(F)(F)c1ccccc1-c1c[nH]c2ccc(Cl)cc12. The van der Waals surface area contributed by atoms with E-state index < -0.39 is 11.7 Å². The van der Waals surface area contributed by atoms with Crippen LogP contribution < -0.4 is 0 Å². The van der Waals surface area contributed by atoms with Crippen molar-refractivity contribution in [1.29, 1.82) is 0 Å². The number of aromatic amines is 1. The van der Waals surface area contributed by atoms with E-state index in [0.29, 0.717) is 16.0 Å². The Morgan fingerprint density at radius 3 is 2.45 bits per heavy atom. The monoisotopic (exact) mass is 295 g/mol. The minimum Gasteiger partial charge on any atom is -0.361 e. The summed E-state index contributed by atoms with van der Waals surface area (Å²) < 4.78 is 39.3. The highest BCUT2D eigenvalue weighted by molar-refractivity contribution is 6.31. The summed E-state index contributed by atoms with van der Waals surface area (Å²) in [5.74, 6) is 0. The van der Waals surface area contributed by atoms with Gasteiger partial charge in [-0.05, 0) is 29.8 Å². The van der Waals surface area contributed by atoms with Crippen LogP contribution >= 0.6 is 11.6 Å². The Morgan fingerprint density at radius 1 is 0.950 bits per heavy atom. The molecule has 20 heavy (non-hydrogen) atoms. The zero-order valence-electron chi connectivity index (χ0n) is 10.1. The molecule has 0 amide bonds. The van der Waals surface area contributed by atoms with Crippen LogP contribution in [0.5, 0.6) is 0 Å². The fraction of sp³-hybridized carbons (Fsp3) is 0.0667. The standard InChI is InChI=1S/C15H9ClF3N/c16-9-5-6-14-11(7-9)12(8-20-14)10-3-1-2-4-13(10)15(17,18)19/h1-8,20H. The second kappa shape index (κ2) is 4.56. The zero-order chi connectivity index (χ0) is 14.3. The number of rotatable bonds is 1. The highest BCUT2D eigenvalue weighted by atomic mass is 35.5. The van der Waals surface area contributed by atoms with E-state index in [-0.39, 0.29) is 5.56 Å². The normalized spacial score (nSPS) is 12.0. The van der Waals surface area contributed by atoms with Gasteiger partial charge in [-0.25, -0.2) is 0 Å². The van der Waals surface area contributed by atoms with E-state index in [1.165, 1.54) is 12.1 Å². The number of alkyl halides is 3. The fourth-order valence-electron chi connectivity index (χ4n) is 2.28. The number of hydrogen-bond donors (Lipinski definition) is 1. The Bertz CT molecular complexity index is 774. The second-order valence-electron chi connectivity index (χ2n) is 4.44. The van der Waals surface area contributed by atoms with Gasteiger partial charge in [-0.3, -0.25) is 0 Å². The predicted molar refractivity (Wildman–Crippen MR) is 73.7 cm³/mol. The maximum Gasteiger partial charge on any atom is 0.417 e. The Morgan fingerprint density at radius 2 is 1.70 bits per heavy atom. The lowest BCUT2D eigenvalue weighted by Crippen LogP contribution is -2.06. The molecule has 0 bridgehead atoms. The van der Waals surface area contributed by atoms with E-state index >= 15 is 0 Å². The first kappa shape index (κ1) is 13.1. The van der Waals surface area contributed by atoms with Crippen LogP contribution in [0.3, 0.4) is 0 Å². The van der Waals surface area contributed by atoms with Crippen molar-refractivity contribution in [2.75, 3.05) is 0 Å². The maximum absolute atomic E-state index is 13.1. The first-order valence-electron chi connectivity index (χ1n) is 5.90. The molecule has 0 aliphatic heterocycles. The molecule has 1 nitrogen and oxygen atoms in total. The molecule has 3 aromatic rings. The van der Waals surface area contributed by atoms with Gasteiger partial charge in [0.15, 0.2) is 0 Å². The van der Waals surface area contributed by atoms with Crippen molar-refractivity contribution in [3.63, 3.8) is 0 Å². The first-order chi connectivity index (χ1) is 9.47. The van der Waals surface area contributed by atoms with Gasteiger partial charge in [0.1, 0.15) is 0 Å². The number of fused-ring (bicyclic) bond motifs is 1. The zero-order valence-corrected chi connectivity index (χ0v) is 10.9. The van der Waals surface area contributed by atoms with Gasteiger partial charge in [0.2, 0.25) is 0 Å². The quantitative estimate of drug-likeness (QED) is 0.609. The Hall–Kier alpha value is -1.94. The van der Waals surface area contributed by atoms with Crippen molar-refractivity contribution < 1.29 is 13.2 Å². The third-order valence-corrected chi connectivity index (χ3v) is 3.40. The number of aromatic nitrogens is 1. The average molecular weight is 296 g/mol. The summed E-state index contributed by atoms with van der Waals surface area (Å²) in [6.45, 7) is 0. The first-order valence-corrected chi connectivity index (χ1v) is 6.28.